The van der Waals surface area contributed by atoms with Crippen LogP contribution in [0.4, 0.5) is 5.13 Å². The van der Waals surface area contributed by atoms with Crippen molar-refractivity contribution in [2.24, 2.45) is 5.92 Å². The number of rotatable bonds is 6. The summed E-state index contributed by atoms with van der Waals surface area (Å²) in [6.45, 7) is 2.68. The summed E-state index contributed by atoms with van der Waals surface area (Å²) in [4.78, 5) is 30.1. The first-order valence-corrected chi connectivity index (χ1v) is 10.3. The molecule has 0 bridgehead atoms. The third kappa shape index (κ3) is 3.83. The maximum Gasteiger partial charge on any atom is 0.419 e. The van der Waals surface area contributed by atoms with E-state index in [1.54, 1.807) is 22.0 Å². The first kappa shape index (κ1) is 18.0. The Morgan fingerprint density at radius 1 is 1.41 bits per heavy atom. The Labute approximate surface area is 161 Å². The van der Waals surface area contributed by atoms with Gasteiger partial charge in [-0.15, -0.1) is 11.3 Å². The van der Waals surface area contributed by atoms with E-state index in [1.807, 2.05) is 18.2 Å². The van der Waals surface area contributed by atoms with Gasteiger partial charge in [-0.3, -0.25) is 9.36 Å². The molecule has 1 aliphatic rings. The number of anilines is 1. The van der Waals surface area contributed by atoms with Crippen LogP contribution in [0.3, 0.4) is 0 Å². The number of hydrogen-bond donors (Lipinski definition) is 1. The fraction of sp³-hybridized carbons (Fsp3) is 0.450. The van der Waals surface area contributed by atoms with E-state index in [1.165, 1.54) is 17.7 Å². The van der Waals surface area contributed by atoms with Gasteiger partial charge in [-0.2, -0.15) is 0 Å². The Morgan fingerprint density at radius 3 is 3.11 bits per heavy atom. The van der Waals surface area contributed by atoms with Gasteiger partial charge in [0.05, 0.1) is 11.2 Å². The summed E-state index contributed by atoms with van der Waals surface area (Å²) in [7, 11) is 0. The van der Waals surface area contributed by atoms with E-state index in [2.05, 4.69) is 17.2 Å². The number of aryl methyl sites for hydroxylation is 2. The SMILES string of the molecule is CCC1CCc2nc(NC(=O)CCCn3c(=O)oc4ccccc43)sc2C1. The molecule has 6 nitrogen and oxygen atoms in total. The van der Waals surface area contributed by atoms with E-state index in [4.69, 9.17) is 4.42 Å². The second-order valence-corrected chi connectivity index (χ2v) is 8.13. The highest BCUT2D eigenvalue weighted by atomic mass is 32.1. The van der Waals surface area contributed by atoms with Crippen LogP contribution in [0.15, 0.2) is 33.5 Å². The van der Waals surface area contributed by atoms with Gasteiger partial charge in [0.25, 0.3) is 0 Å². The van der Waals surface area contributed by atoms with Crippen LogP contribution in [-0.4, -0.2) is 15.5 Å². The van der Waals surface area contributed by atoms with Crippen LogP contribution in [-0.2, 0) is 24.2 Å². The molecular weight excluding hydrogens is 362 g/mol. The molecule has 4 rings (SSSR count). The number of nitrogens with one attached hydrogen (secondary N) is 1. The number of carbonyl (C=O) groups excluding carboxylic acids is 1. The first-order valence-electron chi connectivity index (χ1n) is 9.51. The lowest BCUT2D eigenvalue weighted by atomic mass is 9.89. The van der Waals surface area contributed by atoms with Gasteiger partial charge in [0.15, 0.2) is 10.7 Å². The number of hydrogen-bond acceptors (Lipinski definition) is 5. The molecule has 0 saturated heterocycles. The molecule has 2 heterocycles. The van der Waals surface area contributed by atoms with Crippen LogP contribution in [0.1, 0.15) is 43.2 Å². The summed E-state index contributed by atoms with van der Waals surface area (Å²) in [5.74, 6) is 0.299. The van der Waals surface area contributed by atoms with Crippen LogP contribution in [0.2, 0.25) is 0 Å². The number of fused-ring (bicyclic) bond motifs is 2. The first-order chi connectivity index (χ1) is 13.1. The topological polar surface area (TPSA) is 77.1 Å². The highest BCUT2D eigenvalue weighted by Crippen LogP contribution is 2.33. The summed E-state index contributed by atoms with van der Waals surface area (Å²) >= 11 is 1.61. The van der Waals surface area contributed by atoms with Gasteiger partial charge in [0.1, 0.15) is 0 Å². The lowest BCUT2D eigenvalue weighted by Crippen LogP contribution is -2.17. The van der Waals surface area contributed by atoms with Crippen molar-refractivity contribution >= 4 is 33.5 Å². The van der Waals surface area contributed by atoms with E-state index in [-0.39, 0.29) is 11.7 Å². The predicted octanol–water partition coefficient (Wildman–Crippen LogP) is 3.98. The third-order valence-electron chi connectivity index (χ3n) is 5.22. The molecule has 0 fully saturated rings. The Balaban J connectivity index is 1.33. The quantitative estimate of drug-likeness (QED) is 0.696. The van der Waals surface area contributed by atoms with Crippen molar-refractivity contribution in [2.45, 2.75) is 52.0 Å². The van der Waals surface area contributed by atoms with E-state index >= 15 is 0 Å². The highest BCUT2D eigenvalue weighted by Gasteiger charge is 2.22. The molecule has 1 unspecified atom stereocenters. The number of carbonyl (C=O) groups is 1. The van der Waals surface area contributed by atoms with E-state index < -0.39 is 0 Å². The number of para-hydroxylation sites is 2. The molecule has 0 spiro atoms. The average molecular weight is 385 g/mol. The largest absolute Gasteiger partial charge is 0.419 e. The molecule has 2 aromatic heterocycles. The zero-order valence-electron chi connectivity index (χ0n) is 15.4. The van der Waals surface area contributed by atoms with Crippen molar-refractivity contribution in [1.82, 2.24) is 9.55 Å². The summed E-state index contributed by atoms with van der Waals surface area (Å²) in [6.07, 6.45) is 5.38. The molecule has 3 aromatic rings. The van der Waals surface area contributed by atoms with Gasteiger partial charge in [0, 0.05) is 17.8 Å². The molecule has 1 aliphatic carbocycles. The summed E-state index contributed by atoms with van der Waals surface area (Å²) in [6, 6.07) is 7.32. The van der Waals surface area contributed by atoms with Crippen LogP contribution in [0.25, 0.3) is 11.1 Å². The maximum atomic E-state index is 12.3. The number of nitrogens with zero attached hydrogens (tertiary/aromatic N) is 2. The fourth-order valence-corrected chi connectivity index (χ4v) is 4.79. The lowest BCUT2D eigenvalue weighted by Gasteiger charge is -2.18. The van der Waals surface area contributed by atoms with Crippen molar-refractivity contribution in [3.63, 3.8) is 0 Å². The molecule has 0 radical (unpaired) electrons. The molecule has 27 heavy (non-hydrogen) atoms. The number of oxazole rings is 1. The minimum atomic E-state index is -0.380. The Bertz CT molecular complexity index is 1020. The molecule has 142 valence electrons. The van der Waals surface area contributed by atoms with Crippen molar-refractivity contribution in [1.29, 1.82) is 0 Å². The van der Waals surface area contributed by atoms with Crippen LogP contribution < -0.4 is 11.1 Å². The van der Waals surface area contributed by atoms with Crippen LogP contribution >= 0.6 is 11.3 Å². The second-order valence-electron chi connectivity index (χ2n) is 7.05. The molecule has 1 atom stereocenters. The minimum Gasteiger partial charge on any atom is -0.408 e. The number of amides is 1. The van der Waals surface area contributed by atoms with Gasteiger partial charge in [-0.1, -0.05) is 25.5 Å². The Kier molecular flexibility index (Phi) is 5.11. The van der Waals surface area contributed by atoms with Gasteiger partial charge in [-0.05, 0) is 43.7 Å². The molecular formula is C20H23N3O3S. The molecule has 0 saturated carbocycles. The van der Waals surface area contributed by atoms with Crippen molar-refractivity contribution < 1.29 is 9.21 Å². The molecule has 1 N–H and O–H groups in total. The monoisotopic (exact) mass is 385 g/mol. The van der Waals surface area contributed by atoms with Crippen molar-refractivity contribution in [2.75, 3.05) is 5.32 Å². The average Bonchev–Trinajstić information content (AvgIpc) is 3.20. The molecule has 7 heteroatoms. The second kappa shape index (κ2) is 7.68. The zero-order chi connectivity index (χ0) is 18.8. The number of benzene rings is 1. The minimum absolute atomic E-state index is 0.0611. The summed E-state index contributed by atoms with van der Waals surface area (Å²) < 4.78 is 6.79. The normalized spacial score (nSPS) is 16.4. The standard InChI is InChI=1S/C20H23N3O3S/c1-2-13-9-10-14-17(12-13)27-19(21-14)22-18(24)8-5-11-23-15-6-3-4-7-16(15)26-20(23)25/h3-4,6-7,13H,2,5,8-12H2,1H3,(H,21,22,24). The summed E-state index contributed by atoms with van der Waals surface area (Å²) in [5, 5.41) is 3.62. The van der Waals surface area contributed by atoms with Gasteiger partial charge in [0.2, 0.25) is 5.91 Å². The van der Waals surface area contributed by atoms with Crippen LogP contribution in [0, 0.1) is 5.92 Å². The Morgan fingerprint density at radius 2 is 2.26 bits per heavy atom. The number of aromatic nitrogens is 2. The highest BCUT2D eigenvalue weighted by molar-refractivity contribution is 7.15. The summed E-state index contributed by atoms with van der Waals surface area (Å²) in [5.41, 5.74) is 2.49. The maximum absolute atomic E-state index is 12.3. The van der Waals surface area contributed by atoms with E-state index in [9.17, 15) is 9.59 Å². The third-order valence-corrected chi connectivity index (χ3v) is 6.26. The Hall–Kier alpha value is -2.41. The smallest absolute Gasteiger partial charge is 0.408 e. The fourth-order valence-electron chi connectivity index (χ4n) is 3.65. The van der Waals surface area contributed by atoms with Crippen molar-refractivity contribution in [3.05, 3.63) is 45.4 Å². The van der Waals surface area contributed by atoms with Gasteiger partial charge >= 0.3 is 5.76 Å². The number of thiazole rings is 1. The predicted molar refractivity (Wildman–Crippen MR) is 106 cm³/mol. The molecule has 1 aromatic carbocycles. The lowest BCUT2D eigenvalue weighted by molar-refractivity contribution is -0.116. The van der Waals surface area contributed by atoms with Gasteiger partial charge in [-0.25, -0.2) is 9.78 Å². The van der Waals surface area contributed by atoms with E-state index in [0.717, 1.165) is 30.0 Å². The van der Waals surface area contributed by atoms with Crippen LogP contribution in [0.5, 0.6) is 0 Å². The van der Waals surface area contributed by atoms with E-state index in [0.29, 0.717) is 30.1 Å². The van der Waals surface area contributed by atoms with Gasteiger partial charge < -0.3 is 9.73 Å². The zero-order valence-corrected chi connectivity index (χ0v) is 16.2. The molecule has 0 aliphatic heterocycles. The molecule has 1 amide bonds. The van der Waals surface area contributed by atoms with Crippen molar-refractivity contribution in [3.8, 4) is 0 Å².